The molecule has 1 heterocycles. The number of hydrogen-bond donors (Lipinski definition) is 3. The van der Waals surface area contributed by atoms with E-state index in [0.717, 1.165) is 24.1 Å². The molecule has 0 aliphatic carbocycles. The minimum absolute atomic E-state index is 0.215. The van der Waals surface area contributed by atoms with Crippen molar-refractivity contribution >= 4 is 12.0 Å². The molecule has 0 fully saturated rings. The van der Waals surface area contributed by atoms with E-state index in [1.165, 1.54) is 12.1 Å². The lowest BCUT2D eigenvalue weighted by Crippen LogP contribution is -2.34. The third-order valence-electron chi connectivity index (χ3n) is 3.46. The predicted molar refractivity (Wildman–Crippen MR) is 87.7 cm³/mol. The highest BCUT2D eigenvalue weighted by Gasteiger charge is 2.10. The molecular weight excluding hydrogens is 310 g/mol. The Morgan fingerprint density at radius 2 is 1.83 bits per heavy atom. The van der Waals surface area contributed by atoms with Crippen LogP contribution in [0, 0.1) is 6.92 Å². The van der Waals surface area contributed by atoms with E-state index >= 15 is 0 Å². The Bertz CT molecular complexity index is 707. The summed E-state index contributed by atoms with van der Waals surface area (Å²) in [6.45, 7) is 4.48. The van der Waals surface area contributed by atoms with Gasteiger partial charge in [-0.15, -0.1) is 0 Å². The number of carboxylic acids is 1. The third kappa shape index (κ3) is 4.84. The number of aromatic nitrogens is 1. The smallest absolute Gasteiger partial charge is 0.335 e. The van der Waals surface area contributed by atoms with E-state index in [1.807, 2.05) is 13.8 Å². The van der Waals surface area contributed by atoms with Gasteiger partial charge >= 0.3 is 12.0 Å². The van der Waals surface area contributed by atoms with Gasteiger partial charge in [-0.2, -0.15) is 0 Å². The summed E-state index contributed by atoms with van der Waals surface area (Å²) in [6.07, 6.45) is 1.73. The first kappa shape index (κ1) is 17.5. The van der Waals surface area contributed by atoms with Gasteiger partial charge in [0.1, 0.15) is 5.76 Å². The highest BCUT2D eigenvalue weighted by atomic mass is 16.4. The molecule has 0 radical (unpaired) electrons. The van der Waals surface area contributed by atoms with E-state index in [4.69, 9.17) is 9.52 Å². The van der Waals surface area contributed by atoms with E-state index < -0.39 is 5.97 Å². The van der Waals surface area contributed by atoms with Crippen LogP contribution >= 0.6 is 0 Å². The van der Waals surface area contributed by atoms with Crippen LogP contribution in [-0.2, 0) is 19.5 Å². The zero-order chi connectivity index (χ0) is 17.5. The molecule has 7 nitrogen and oxygen atoms in total. The fourth-order valence-electron chi connectivity index (χ4n) is 2.14. The molecule has 0 atom stereocenters. The van der Waals surface area contributed by atoms with Crippen LogP contribution < -0.4 is 10.6 Å². The van der Waals surface area contributed by atoms with E-state index in [9.17, 15) is 9.59 Å². The van der Waals surface area contributed by atoms with Crippen LogP contribution in [0.3, 0.4) is 0 Å². The van der Waals surface area contributed by atoms with Crippen LogP contribution in [0.4, 0.5) is 4.79 Å². The number of hydrogen-bond acceptors (Lipinski definition) is 4. The van der Waals surface area contributed by atoms with E-state index in [2.05, 4.69) is 15.6 Å². The minimum atomic E-state index is -0.975. The molecule has 3 N–H and O–H groups in total. The summed E-state index contributed by atoms with van der Waals surface area (Å²) < 4.78 is 5.59. The molecular formula is C17H21N3O4. The number of amides is 2. The van der Waals surface area contributed by atoms with Crippen LogP contribution in [0.1, 0.15) is 46.6 Å². The normalized spacial score (nSPS) is 10.4. The second-order valence-electron chi connectivity index (χ2n) is 5.40. The number of carbonyl (C=O) groups is 2. The SMILES string of the molecule is CCCc1nc(C)c(CNC(=O)NCc2ccc(C(=O)O)cc2)o1. The number of carboxylic acid groups (broad SMARTS) is 1. The van der Waals surface area contributed by atoms with Gasteiger partial charge in [-0.25, -0.2) is 14.6 Å². The van der Waals surface area contributed by atoms with Crippen molar-refractivity contribution in [3.63, 3.8) is 0 Å². The number of oxazole rings is 1. The van der Waals surface area contributed by atoms with Gasteiger partial charge < -0.3 is 20.2 Å². The average Bonchev–Trinajstić information content (AvgIpc) is 2.91. The molecule has 0 saturated carbocycles. The number of benzene rings is 1. The maximum absolute atomic E-state index is 11.8. The monoisotopic (exact) mass is 331 g/mol. The number of carbonyl (C=O) groups excluding carboxylic acids is 1. The van der Waals surface area contributed by atoms with Gasteiger partial charge in [0.05, 0.1) is 17.8 Å². The van der Waals surface area contributed by atoms with Crippen LogP contribution in [0.5, 0.6) is 0 Å². The lowest BCUT2D eigenvalue weighted by Gasteiger charge is -2.07. The van der Waals surface area contributed by atoms with Crippen molar-refractivity contribution in [3.8, 4) is 0 Å². The molecule has 0 unspecified atom stereocenters. The topological polar surface area (TPSA) is 104 Å². The van der Waals surface area contributed by atoms with Crippen molar-refractivity contribution in [1.29, 1.82) is 0 Å². The lowest BCUT2D eigenvalue weighted by molar-refractivity contribution is 0.0697. The quantitative estimate of drug-likeness (QED) is 0.723. The summed E-state index contributed by atoms with van der Waals surface area (Å²) in [5.41, 5.74) is 1.81. The number of urea groups is 1. The Hall–Kier alpha value is -2.83. The largest absolute Gasteiger partial charge is 0.478 e. The maximum Gasteiger partial charge on any atom is 0.335 e. The summed E-state index contributed by atoms with van der Waals surface area (Å²) in [4.78, 5) is 26.9. The summed E-state index contributed by atoms with van der Waals surface area (Å²) in [5, 5.41) is 14.3. The van der Waals surface area contributed by atoms with Crippen molar-refractivity contribution in [2.24, 2.45) is 0 Å². The van der Waals surface area contributed by atoms with E-state index in [-0.39, 0.29) is 18.1 Å². The number of nitrogens with zero attached hydrogens (tertiary/aromatic N) is 1. The molecule has 0 aliphatic rings. The Labute approximate surface area is 140 Å². The van der Waals surface area contributed by atoms with Gasteiger partial charge in [0, 0.05) is 13.0 Å². The maximum atomic E-state index is 11.8. The van der Waals surface area contributed by atoms with Crippen molar-refractivity contribution in [3.05, 3.63) is 52.7 Å². The Balaban J connectivity index is 1.80. The van der Waals surface area contributed by atoms with Gasteiger partial charge in [0.15, 0.2) is 5.89 Å². The van der Waals surface area contributed by atoms with Crippen molar-refractivity contribution < 1.29 is 19.1 Å². The fraction of sp³-hybridized carbons (Fsp3) is 0.353. The van der Waals surface area contributed by atoms with Gasteiger partial charge in [-0.3, -0.25) is 0 Å². The van der Waals surface area contributed by atoms with Crippen LogP contribution in [0.25, 0.3) is 0 Å². The lowest BCUT2D eigenvalue weighted by atomic mass is 10.1. The van der Waals surface area contributed by atoms with Crippen molar-refractivity contribution in [2.45, 2.75) is 39.8 Å². The minimum Gasteiger partial charge on any atom is -0.478 e. The van der Waals surface area contributed by atoms with Crippen molar-refractivity contribution in [1.82, 2.24) is 15.6 Å². The van der Waals surface area contributed by atoms with Crippen LogP contribution in [-0.4, -0.2) is 22.1 Å². The average molecular weight is 331 g/mol. The second kappa shape index (κ2) is 8.14. The molecule has 2 amide bonds. The number of aryl methyl sites for hydroxylation is 2. The first-order valence-corrected chi connectivity index (χ1v) is 7.78. The molecule has 0 bridgehead atoms. The highest BCUT2D eigenvalue weighted by molar-refractivity contribution is 5.87. The highest BCUT2D eigenvalue weighted by Crippen LogP contribution is 2.11. The van der Waals surface area contributed by atoms with Gasteiger partial charge in [-0.05, 0) is 31.0 Å². The van der Waals surface area contributed by atoms with Gasteiger partial charge in [0.25, 0.3) is 0 Å². The Morgan fingerprint density at radius 3 is 2.46 bits per heavy atom. The fourth-order valence-corrected chi connectivity index (χ4v) is 2.14. The first-order chi connectivity index (χ1) is 11.5. The third-order valence-corrected chi connectivity index (χ3v) is 3.46. The number of aromatic carboxylic acids is 1. The number of nitrogens with one attached hydrogen (secondary N) is 2. The van der Waals surface area contributed by atoms with Gasteiger partial charge in [0.2, 0.25) is 0 Å². The van der Waals surface area contributed by atoms with Crippen molar-refractivity contribution in [2.75, 3.05) is 0 Å². The van der Waals surface area contributed by atoms with Crippen LogP contribution in [0.2, 0.25) is 0 Å². The van der Waals surface area contributed by atoms with E-state index in [1.54, 1.807) is 12.1 Å². The summed E-state index contributed by atoms with van der Waals surface area (Å²) in [7, 11) is 0. The molecule has 2 aromatic rings. The molecule has 24 heavy (non-hydrogen) atoms. The molecule has 0 saturated heterocycles. The summed E-state index contributed by atoms with van der Waals surface area (Å²) in [5.74, 6) is 0.363. The molecule has 0 aliphatic heterocycles. The Morgan fingerprint density at radius 1 is 1.17 bits per heavy atom. The zero-order valence-electron chi connectivity index (χ0n) is 13.8. The molecule has 128 valence electrons. The standard InChI is InChI=1S/C17H21N3O4/c1-3-4-15-20-11(2)14(24-15)10-19-17(23)18-9-12-5-7-13(8-6-12)16(21)22/h5-8H,3-4,9-10H2,1-2H3,(H,21,22)(H2,18,19,23). The molecule has 1 aromatic carbocycles. The first-order valence-electron chi connectivity index (χ1n) is 7.78. The summed E-state index contributed by atoms with van der Waals surface area (Å²) >= 11 is 0. The number of rotatable bonds is 7. The van der Waals surface area contributed by atoms with E-state index in [0.29, 0.717) is 18.2 Å². The molecule has 1 aromatic heterocycles. The van der Waals surface area contributed by atoms with Crippen LogP contribution in [0.15, 0.2) is 28.7 Å². The Kier molecular flexibility index (Phi) is 5.95. The summed E-state index contributed by atoms with van der Waals surface area (Å²) in [6, 6.07) is 6.02. The molecule has 2 rings (SSSR count). The molecule has 0 spiro atoms. The molecule has 7 heteroatoms. The van der Waals surface area contributed by atoms with Gasteiger partial charge in [-0.1, -0.05) is 19.1 Å². The predicted octanol–water partition coefficient (Wildman–Crippen LogP) is 2.63. The second-order valence-corrected chi connectivity index (χ2v) is 5.40. The zero-order valence-corrected chi connectivity index (χ0v) is 13.8.